The first-order chi connectivity index (χ1) is 7.79. The number of rotatable bonds is 5. The van der Waals surface area contributed by atoms with Gasteiger partial charge in [0.05, 0.1) is 0 Å². The molecule has 1 heterocycles. The van der Waals surface area contributed by atoms with Gasteiger partial charge in [-0.05, 0) is 37.7 Å². The van der Waals surface area contributed by atoms with E-state index < -0.39 is 0 Å². The van der Waals surface area contributed by atoms with Crippen molar-refractivity contribution in [3.05, 3.63) is 30.2 Å². The van der Waals surface area contributed by atoms with Crippen LogP contribution in [0, 0.1) is 0 Å². The van der Waals surface area contributed by atoms with Crippen LogP contribution in [0.1, 0.15) is 12.0 Å². The van der Waals surface area contributed by atoms with E-state index in [0.29, 0.717) is 5.88 Å². The van der Waals surface area contributed by atoms with E-state index in [1.54, 1.807) is 0 Å². The molecule has 1 aromatic heterocycles. The molecule has 4 heteroatoms. The van der Waals surface area contributed by atoms with Crippen LogP contribution >= 0.6 is 11.6 Å². The van der Waals surface area contributed by atoms with Gasteiger partial charge in [-0.15, -0.1) is 11.6 Å². The maximum atomic E-state index is 5.66. The largest absolute Gasteiger partial charge is 0.443 e. The normalized spacial score (nSPS) is 11.4. The lowest BCUT2D eigenvalue weighted by atomic mass is 10.2. The first kappa shape index (κ1) is 11.4. The van der Waals surface area contributed by atoms with Crippen molar-refractivity contribution in [1.82, 2.24) is 9.88 Å². The number of aromatic nitrogens is 1. The predicted molar refractivity (Wildman–Crippen MR) is 65.7 cm³/mol. The zero-order valence-corrected chi connectivity index (χ0v) is 10.1. The van der Waals surface area contributed by atoms with Gasteiger partial charge in [0, 0.05) is 12.4 Å². The Kier molecular flexibility index (Phi) is 3.80. The summed E-state index contributed by atoms with van der Waals surface area (Å²) in [6.07, 6.45) is 2.49. The molecule has 0 aliphatic heterocycles. The van der Waals surface area contributed by atoms with Crippen LogP contribution in [0.15, 0.2) is 29.0 Å². The molecular formula is C12H15ClN2O. The fourth-order valence-electron chi connectivity index (χ4n) is 1.72. The van der Waals surface area contributed by atoms with E-state index in [2.05, 4.69) is 23.0 Å². The van der Waals surface area contributed by atoms with Crippen LogP contribution in [0.5, 0.6) is 0 Å². The number of hydrogen-bond donors (Lipinski definition) is 0. The summed E-state index contributed by atoms with van der Waals surface area (Å²) in [5.74, 6) is 0.714. The number of benzene rings is 1. The van der Waals surface area contributed by atoms with Gasteiger partial charge in [-0.2, -0.15) is 0 Å². The van der Waals surface area contributed by atoms with Crippen LogP contribution < -0.4 is 0 Å². The van der Waals surface area contributed by atoms with Crippen LogP contribution in [0.2, 0.25) is 0 Å². The van der Waals surface area contributed by atoms with Crippen molar-refractivity contribution < 1.29 is 4.42 Å². The monoisotopic (exact) mass is 238 g/mol. The molecule has 0 N–H and O–H groups in total. The topological polar surface area (TPSA) is 29.3 Å². The number of hydrogen-bond acceptors (Lipinski definition) is 3. The maximum absolute atomic E-state index is 5.66. The summed E-state index contributed by atoms with van der Waals surface area (Å²) < 4.78 is 5.27. The van der Waals surface area contributed by atoms with Crippen LogP contribution in [-0.2, 0) is 6.54 Å². The molecule has 86 valence electrons. The third-order valence-electron chi connectivity index (χ3n) is 2.52. The second-order valence-electron chi connectivity index (χ2n) is 3.93. The molecule has 2 aromatic rings. The molecule has 0 amide bonds. The molecule has 1 aromatic carbocycles. The highest BCUT2D eigenvalue weighted by molar-refractivity contribution is 6.17. The Morgan fingerprint density at radius 3 is 3.12 bits per heavy atom. The Morgan fingerprint density at radius 1 is 1.44 bits per heavy atom. The van der Waals surface area contributed by atoms with Crippen molar-refractivity contribution in [2.75, 3.05) is 19.5 Å². The van der Waals surface area contributed by atoms with Crippen molar-refractivity contribution in [1.29, 1.82) is 0 Å². The Labute approximate surface area is 100 Å². The summed E-state index contributed by atoms with van der Waals surface area (Å²) in [5.41, 5.74) is 3.00. The Morgan fingerprint density at radius 2 is 2.31 bits per heavy atom. The standard InChI is InChI=1S/C12H15ClN2O/c1-15(6-2-5-13)8-10-3-4-11-12(7-10)16-9-14-11/h3-4,7,9H,2,5-6,8H2,1H3. The number of halogens is 1. The van der Waals surface area contributed by atoms with Gasteiger partial charge in [0.25, 0.3) is 0 Å². The highest BCUT2D eigenvalue weighted by atomic mass is 35.5. The van der Waals surface area contributed by atoms with E-state index in [4.69, 9.17) is 16.0 Å². The summed E-state index contributed by atoms with van der Waals surface area (Å²) in [6.45, 7) is 1.92. The van der Waals surface area contributed by atoms with Crippen molar-refractivity contribution in [2.24, 2.45) is 0 Å². The van der Waals surface area contributed by atoms with Crippen LogP contribution in [-0.4, -0.2) is 29.4 Å². The molecule has 2 rings (SSSR count). The zero-order chi connectivity index (χ0) is 11.4. The average molecular weight is 239 g/mol. The predicted octanol–water partition coefficient (Wildman–Crippen LogP) is 2.89. The molecular weight excluding hydrogens is 224 g/mol. The van der Waals surface area contributed by atoms with Gasteiger partial charge in [-0.3, -0.25) is 0 Å². The third-order valence-corrected chi connectivity index (χ3v) is 2.79. The summed E-state index contributed by atoms with van der Waals surface area (Å²) in [6, 6.07) is 6.12. The lowest BCUT2D eigenvalue weighted by Crippen LogP contribution is -2.19. The molecule has 3 nitrogen and oxygen atoms in total. The Balaban J connectivity index is 2.03. The summed E-state index contributed by atoms with van der Waals surface area (Å²) in [5, 5.41) is 0. The molecule has 16 heavy (non-hydrogen) atoms. The second kappa shape index (κ2) is 5.32. The minimum atomic E-state index is 0.714. The lowest BCUT2D eigenvalue weighted by molar-refractivity contribution is 0.328. The van der Waals surface area contributed by atoms with Gasteiger partial charge in [-0.1, -0.05) is 6.07 Å². The molecule has 0 saturated carbocycles. The van der Waals surface area contributed by atoms with E-state index in [1.165, 1.54) is 12.0 Å². The van der Waals surface area contributed by atoms with Crippen molar-refractivity contribution in [2.45, 2.75) is 13.0 Å². The molecule has 0 atom stereocenters. The van der Waals surface area contributed by atoms with Gasteiger partial charge in [-0.25, -0.2) is 4.98 Å². The van der Waals surface area contributed by atoms with Crippen molar-refractivity contribution in [3.8, 4) is 0 Å². The SMILES string of the molecule is CN(CCCCl)Cc1ccc2ncoc2c1. The maximum Gasteiger partial charge on any atom is 0.181 e. The highest BCUT2D eigenvalue weighted by Crippen LogP contribution is 2.15. The highest BCUT2D eigenvalue weighted by Gasteiger charge is 2.03. The molecule has 0 spiro atoms. The zero-order valence-electron chi connectivity index (χ0n) is 9.32. The number of alkyl halides is 1. The van der Waals surface area contributed by atoms with E-state index in [-0.39, 0.29) is 0 Å². The Hall–Kier alpha value is -1.06. The minimum absolute atomic E-state index is 0.714. The second-order valence-corrected chi connectivity index (χ2v) is 4.31. The smallest absolute Gasteiger partial charge is 0.181 e. The van der Waals surface area contributed by atoms with Gasteiger partial charge < -0.3 is 9.32 Å². The van der Waals surface area contributed by atoms with Crippen LogP contribution in [0.3, 0.4) is 0 Å². The van der Waals surface area contributed by atoms with E-state index in [9.17, 15) is 0 Å². The third kappa shape index (κ3) is 2.74. The molecule has 0 aliphatic rings. The molecule has 0 aliphatic carbocycles. The van der Waals surface area contributed by atoms with Crippen LogP contribution in [0.25, 0.3) is 11.1 Å². The molecule has 0 radical (unpaired) electrons. The fraction of sp³-hybridized carbons (Fsp3) is 0.417. The summed E-state index contributed by atoms with van der Waals surface area (Å²) >= 11 is 5.66. The van der Waals surface area contributed by atoms with Crippen LogP contribution in [0.4, 0.5) is 0 Å². The van der Waals surface area contributed by atoms with Gasteiger partial charge in [0.15, 0.2) is 12.0 Å². The number of oxazole rings is 1. The number of fused-ring (bicyclic) bond motifs is 1. The van der Waals surface area contributed by atoms with Crippen molar-refractivity contribution in [3.63, 3.8) is 0 Å². The van der Waals surface area contributed by atoms with Crippen molar-refractivity contribution >= 4 is 22.7 Å². The Bertz CT molecular complexity index is 455. The first-order valence-electron chi connectivity index (χ1n) is 5.36. The minimum Gasteiger partial charge on any atom is -0.443 e. The molecule has 0 fully saturated rings. The summed E-state index contributed by atoms with van der Waals surface area (Å²) in [7, 11) is 2.09. The fourth-order valence-corrected chi connectivity index (χ4v) is 1.84. The quantitative estimate of drug-likeness (QED) is 0.751. The van der Waals surface area contributed by atoms with E-state index in [1.807, 2.05) is 12.1 Å². The van der Waals surface area contributed by atoms with E-state index >= 15 is 0 Å². The molecule has 0 saturated heterocycles. The number of nitrogens with zero attached hydrogens (tertiary/aromatic N) is 2. The lowest BCUT2D eigenvalue weighted by Gasteiger charge is -2.15. The first-order valence-corrected chi connectivity index (χ1v) is 5.89. The molecule has 0 unspecified atom stereocenters. The van der Waals surface area contributed by atoms with Gasteiger partial charge in [0.1, 0.15) is 5.52 Å². The average Bonchev–Trinajstić information content (AvgIpc) is 2.73. The molecule has 0 bridgehead atoms. The van der Waals surface area contributed by atoms with E-state index in [0.717, 1.165) is 30.6 Å². The van der Waals surface area contributed by atoms with Gasteiger partial charge in [0.2, 0.25) is 0 Å². The van der Waals surface area contributed by atoms with Gasteiger partial charge >= 0.3 is 0 Å². The summed E-state index contributed by atoms with van der Waals surface area (Å²) in [4.78, 5) is 6.34.